The topological polar surface area (TPSA) is 131 Å². The first-order valence-electron chi connectivity index (χ1n) is 21.4. The summed E-state index contributed by atoms with van der Waals surface area (Å²) in [6.07, 6.45) is 49.8. The highest BCUT2D eigenvalue weighted by molar-refractivity contribution is 7.47. The second-order valence-electron chi connectivity index (χ2n) is 14.2. The standard InChI is InChI=1S/C44H81N2O6P/c1-3-5-7-9-11-13-15-17-19-20-21-22-24-26-28-30-32-34-36-38-44(48)46-42(41-52-53(49,50)51-40-39-45)43(47)37-35-33-31-29-27-25-23-18-16-14-12-10-8-6-4-2/h11,13,16-19,27,29,35,37,42-43,47H,3-10,12,14-15,20-26,28,30-34,36,38-41,45H2,1-2H3,(H,46,48)(H,49,50)/b13-11-,18-16+,19-17-,29-27+,37-35+. The van der Waals surface area contributed by atoms with Crippen molar-refractivity contribution in [3.63, 3.8) is 0 Å². The number of aliphatic hydroxyl groups is 1. The van der Waals surface area contributed by atoms with Crippen LogP contribution < -0.4 is 11.1 Å². The third-order valence-electron chi connectivity index (χ3n) is 9.04. The van der Waals surface area contributed by atoms with Gasteiger partial charge in [-0.25, -0.2) is 4.57 Å². The molecule has 0 heterocycles. The quantitative estimate of drug-likeness (QED) is 0.0278. The molecule has 1 amide bonds. The number of unbranched alkanes of at least 4 members (excludes halogenated alkanes) is 19. The van der Waals surface area contributed by atoms with Crippen molar-refractivity contribution >= 4 is 13.7 Å². The maximum Gasteiger partial charge on any atom is 0.472 e. The van der Waals surface area contributed by atoms with Gasteiger partial charge >= 0.3 is 7.82 Å². The number of carbonyl (C=O) groups excluding carboxylic acids is 1. The molecule has 9 heteroatoms. The fourth-order valence-corrected chi connectivity index (χ4v) is 6.54. The summed E-state index contributed by atoms with van der Waals surface area (Å²) >= 11 is 0. The van der Waals surface area contributed by atoms with E-state index in [2.05, 4.69) is 67.8 Å². The van der Waals surface area contributed by atoms with E-state index in [1.165, 1.54) is 109 Å². The first-order chi connectivity index (χ1) is 25.9. The van der Waals surface area contributed by atoms with Crippen LogP contribution in [0.25, 0.3) is 0 Å². The highest BCUT2D eigenvalue weighted by atomic mass is 31.2. The average Bonchev–Trinajstić information content (AvgIpc) is 3.14. The molecule has 0 aliphatic carbocycles. The lowest BCUT2D eigenvalue weighted by Crippen LogP contribution is -2.45. The molecule has 3 unspecified atom stereocenters. The molecule has 8 nitrogen and oxygen atoms in total. The van der Waals surface area contributed by atoms with Crippen LogP contribution in [0, 0.1) is 0 Å². The van der Waals surface area contributed by atoms with Crippen molar-refractivity contribution in [3.8, 4) is 0 Å². The van der Waals surface area contributed by atoms with Crippen molar-refractivity contribution in [2.24, 2.45) is 5.73 Å². The lowest BCUT2D eigenvalue weighted by Gasteiger charge is -2.23. The van der Waals surface area contributed by atoms with Gasteiger partial charge in [0.05, 0.1) is 25.4 Å². The highest BCUT2D eigenvalue weighted by Gasteiger charge is 2.26. The van der Waals surface area contributed by atoms with Gasteiger partial charge in [0.15, 0.2) is 0 Å². The maximum absolute atomic E-state index is 12.7. The Morgan fingerprint density at radius 3 is 1.60 bits per heavy atom. The summed E-state index contributed by atoms with van der Waals surface area (Å²) in [6.45, 7) is 4.05. The number of hydrogen-bond acceptors (Lipinski definition) is 6. The van der Waals surface area contributed by atoms with E-state index in [1.807, 2.05) is 6.08 Å². The molecular formula is C44H81N2O6P. The van der Waals surface area contributed by atoms with Crippen LogP contribution in [0.3, 0.4) is 0 Å². The molecule has 53 heavy (non-hydrogen) atoms. The molecule has 3 atom stereocenters. The molecule has 0 rings (SSSR count). The summed E-state index contributed by atoms with van der Waals surface area (Å²) in [6, 6.07) is -0.887. The van der Waals surface area contributed by atoms with E-state index >= 15 is 0 Å². The third-order valence-corrected chi connectivity index (χ3v) is 10.0. The Kier molecular flexibility index (Phi) is 38.5. The van der Waals surface area contributed by atoms with Crippen molar-refractivity contribution in [1.82, 2.24) is 5.32 Å². The Morgan fingerprint density at radius 1 is 0.623 bits per heavy atom. The Morgan fingerprint density at radius 2 is 1.06 bits per heavy atom. The number of carbonyl (C=O) groups is 1. The molecule has 0 aliphatic rings. The van der Waals surface area contributed by atoms with Gasteiger partial charge in [0.2, 0.25) is 5.91 Å². The number of allylic oxidation sites excluding steroid dienone is 9. The first-order valence-corrected chi connectivity index (χ1v) is 22.9. The third kappa shape index (κ3) is 38.3. The zero-order chi connectivity index (χ0) is 38.9. The molecule has 308 valence electrons. The number of nitrogens with one attached hydrogen (secondary N) is 1. The smallest absolute Gasteiger partial charge is 0.387 e. The van der Waals surface area contributed by atoms with Gasteiger partial charge in [-0.05, 0) is 77.0 Å². The monoisotopic (exact) mass is 765 g/mol. The number of nitrogens with two attached hydrogens (primary N) is 1. The molecule has 0 saturated carbocycles. The largest absolute Gasteiger partial charge is 0.472 e. The lowest BCUT2D eigenvalue weighted by molar-refractivity contribution is -0.123. The molecular weight excluding hydrogens is 683 g/mol. The summed E-state index contributed by atoms with van der Waals surface area (Å²) in [5.41, 5.74) is 5.37. The van der Waals surface area contributed by atoms with Gasteiger partial charge in [0.25, 0.3) is 0 Å². The van der Waals surface area contributed by atoms with Gasteiger partial charge in [-0.15, -0.1) is 0 Å². The zero-order valence-corrected chi connectivity index (χ0v) is 34.9. The fraction of sp³-hybridized carbons (Fsp3) is 0.750. The predicted molar refractivity (Wildman–Crippen MR) is 226 cm³/mol. The van der Waals surface area contributed by atoms with Crippen LogP contribution >= 0.6 is 7.82 Å². The van der Waals surface area contributed by atoms with E-state index in [0.717, 1.165) is 51.4 Å². The number of phosphoric acid groups is 1. The molecule has 0 aromatic rings. The van der Waals surface area contributed by atoms with Gasteiger partial charge < -0.3 is 21.1 Å². The number of aliphatic hydroxyl groups excluding tert-OH is 1. The minimum Gasteiger partial charge on any atom is -0.387 e. The molecule has 0 saturated heterocycles. The maximum atomic E-state index is 12.7. The number of hydrogen-bond donors (Lipinski definition) is 4. The second kappa shape index (κ2) is 39.9. The van der Waals surface area contributed by atoms with Crippen molar-refractivity contribution < 1.29 is 28.4 Å². The predicted octanol–water partition coefficient (Wildman–Crippen LogP) is 11.9. The fourth-order valence-electron chi connectivity index (χ4n) is 5.78. The Balaban J connectivity index is 4.29. The van der Waals surface area contributed by atoms with Crippen molar-refractivity contribution in [3.05, 3.63) is 60.8 Å². The van der Waals surface area contributed by atoms with Crippen LogP contribution in [0.5, 0.6) is 0 Å². The van der Waals surface area contributed by atoms with Crippen LogP contribution in [-0.4, -0.2) is 47.8 Å². The molecule has 5 N–H and O–H groups in total. The van der Waals surface area contributed by atoms with E-state index in [9.17, 15) is 19.4 Å². The van der Waals surface area contributed by atoms with Crippen molar-refractivity contribution in [1.29, 1.82) is 0 Å². The van der Waals surface area contributed by atoms with Gasteiger partial charge in [-0.2, -0.15) is 0 Å². The molecule has 0 fully saturated rings. The van der Waals surface area contributed by atoms with Crippen LogP contribution in [0.4, 0.5) is 0 Å². The van der Waals surface area contributed by atoms with E-state index in [1.54, 1.807) is 6.08 Å². The molecule has 0 spiro atoms. The molecule has 0 aliphatic heterocycles. The SMILES string of the molecule is CCCCC/C=C\C/C=C\CCCCCCCCCCCC(=O)NC(COP(=O)(O)OCCN)C(O)/C=C/CC/C=C/CC/C=C/CCCCCCC. The summed E-state index contributed by atoms with van der Waals surface area (Å²) in [5.74, 6) is -0.216. The summed E-state index contributed by atoms with van der Waals surface area (Å²) in [5, 5.41) is 13.6. The van der Waals surface area contributed by atoms with Crippen LogP contribution in [0.15, 0.2) is 60.8 Å². The zero-order valence-electron chi connectivity index (χ0n) is 34.0. The number of rotatable bonds is 39. The second-order valence-corrected chi connectivity index (χ2v) is 15.6. The molecule has 0 bridgehead atoms. The Bertz CT molecular complexity index is 1010. The van der Waals surface area contributed by atoms with E-state index in [4.69, 9.17) is 14.8 Å². The normalized spacial score (nSPS) is 14.7. The molecule has 0 radical (unpaired) electrons. The van der Waals surface area contributed by atoms with Crippen LogP contribution in [-0.2, 0) is 18.4 Å². The van der Waals surface area contributed by atoms with Crippen molar-refractivity contribution in [2.75, 3.05) is 19.8 Å². The van der Waals surface area contributed by atoms with E-state index in [0.29, 0.717) is 6.42 Å². The highest BCUT2D eigenvalue weighted by Crippen LogP contribution is 2.43. The average molecular weight is 765 g/mol. The number of phosphoric ester groups is 1. The van der Waals surface area contributed by atoms with Gasteiger partial charge in [-0.1, -0.05) is 158 Å². The summed E-state index contributed by atoms with van der Waals surface area (Å²) < 4.78 is 22.1. The van der Waals surface area contributed by atoms with Crippen molar-refractivity contribution in [2.45, 2.75) is 193 Å². The Hall–Kier alpha value is -1.80. The molecule has 0 aromatic carbocycles. The minimum absolute atomic E-state index is 0.0688. The minimum atomic E-state index is -4.35. The van der Waals surface area contributed by atoms with E-state index < -0.39 is 20.0 Å². The molecule has 0 aromatic heterocycles. The van der Waals surface area contributed by atoms with Crippen LogP contribution in [0.1, 0.15) is 181 Å². The van der Waals surface area contributed by atoms with Gasteiger partial charge in [0.1, 0.15) is 0 Å². The van der Waals surface area contributed by atoms with E-state index in [-0.39, 0.29) is 25.7 Å². The lowest BCUT2D eigenvalue weighted by atomic mass is 10.1. The Labute approximate surface area is 325 Å². The number of amides is 1. The van der Waals surface area contributed by atoms with Gasteiger partial charge in [0, 0.05) is 13.0 Å². The van der Waals surface area contributed by atoms with Gasteiger partial charge in [-0.3, -0.25) is 13.8 Å². The van der Waals surface area contributed by atoms with Crippen LogP contribution in [0.2, 0.25) is 0 Å². The summed E-state index contributed by atoms with van der Waals surface area (Å²) in [7, 11) is -4.35. The summed E-state index contributed by atoms with van der Waals surface area (Å²) in [4.78, 5) is 22.7. The first kappa shape index (κ1) is 51.2.